The van der Waals surface area contributed by atoms with Crippen LogP contribution in [0.1, 0.15) is 32.5 Å². The first kappa shape index (κ1) is 10.0. The van der Waals surface area contributed by atoms with E-state index < -0.39 is 5.54 Å². The molecular weight excluding hydrogens is 190 g/mol. The minimum absolute atomic E-state index is 0.447. The van der Waals surface area contributed by atoms with Gasteiger partial charge >= 0.3 is 0 Å². The topological polar surface area (TPSA) is 69.1 Å². The average molecular weight is 205 g/mol. The Balaban J connectivity index is 2.52. The molecule has 0 aromatic carbocycles. The van der Waals surface area contributed by atoms with Gasteiger partial charge in [-0.15, -0.1) is 10.2 Å². The predicted molar refractivity (Wildman–Crippen MR) is 57.2 cm³/mol. The Hall–Kier alpha value is -1.49. The van der Waals surface area contributed by atoms with Crippen LogP contribution in [-0.2, 0) is 5.54 Å². The van der Waals surface area contributed by atoms with Crippen molar-refractivity contribution >= 4 is 5.78 Å². The molecule has 0 amide bonds. The zero-order valence-electron chi connectivity index (χ0n) is 9.01. The zero-order chi connectivity index (χ0) is 10.9. The van der Waals surface area contributed by atoms with Crippen LogP contribution in [0.2, 0.25) is 0 Å². The number of hydrogen-bond acceptors (Lipinski definition) is 4. The van der Waals surface area contributed by atoms with Crippen molar-refractivity contribution < 1.29 is 0 Å². The summed E-state index contributed by atoms with van der Waals surface area (Å²) >= 11 is 0. The third-order valence-corrected chi connectivity index (χ3v) is 2.47. The maximum absolute atomic E-state index is 6.21. The van der Waals surface area contributed by atoms with Crippen LogP contribution >= 0.6 is 0 Å². The quantitative estimate of drug-likeness (QED) is 0.814. The first-order chi connectivity index (χ1) is 7.15. The normalized spacial score (nSPS) is 15.4. The molecule has 0 fully saturated rings. The Morgan fingerprint density at radius 3 is 3.00 bits per heavy atom. The van der Waals surface area contributed by atoms with Crippen molar-refractivity contribution in [1.82, 2.24) is 19.6 Å². The van der Waals surface area contributed by atoms with E-state index >= 15 is 0 Å². The smallest absolute Gasteiger partial charge is 0.255 e. The molecule has 80 valence electrons. The van der Waals surface area contributed by atoms with Gasteiger partial charge < -0.3 is 5.73 Å². The standard InChI is InChI=1S/C10H15N5/c1-3-5-10(2,11)8-13-14-9-12-6-4-7-15(8)9/h4,6-7H,3,5,11H2,1-2H3. The summed E-state index contributed by atoms with van der Waals surface area (Å²) in [5.41, 5.74) is 5.76. The summed E-state index contributed by atoms with van der Waals surface area (Å²) in [6.07, 6.45) is 5.48. The minimum Gasteiger partial charge on any atom is -0.319 e. The number of aromatic nitrogens is 4. The lowest BCUT2D eigenvalue weighted by molar-refractivity contribution is 0.416. The lowest BCUT2D eigenvalue weighted by Gasteiger charge is -2.21. The van der Waals surface area contributed by atoms with Crippen molar-refractivity contribution in [2.24, 2.45) is 5.73 Å². The van der Waals surface area contributed by atoms with Gasteiger partial charge in [0, 0.05) is 12.4 Å². The molecule has 0 saturated heterocycles. The monoisotopic (exact) mass is 205 g/mol. The molecule has 0 bridgehead atoms. The molecule has 2 rings (SSSR count). The molecule has 1 atom stereocenters. The highest BCUT2D eigenvalue weighted by Crippen LogP contribution is 2.21. The maximum Gasteiger partial charge on any atom is 0.255 e. The molecule has 2 aromatic rings. The Morgan fingerprint density at radius 2 is 2.27 bits per heavy atom. The van der Waals surface area contributed by atoms with E-state index in [1.54, 1.807) is 6.20 Å². The predicted octanol–water partition coefficient (Wildman–Crippen LogP) is 1.10. The van der Waals surface area contributed by atoms with Gasteiger partial charge in [0.05, 0.1) is 5.54 Å². The van der Waals surface area contributed by atoms with Gasteiger partial charge in [-0.05, 0) is 19.4 Å². The molecular formula is C10H15N5. The number of rotatable bonds is 3. The van der Waals surface area contributed by atoms with Crippen LogP contribution in [0.4, 0.5) is 0 Å². The first-order valence-electron chi connectivity index (χ1n) is 5.10. The van der Waals surface area contributed by atoms with Gasteiger partial charge in [0.15, 0.2) is 5.82 Å². The molecule has 15 heavy (non-hydrogen) atoms. The molecule has 0 aliphatic heterocycles. The van der Waals surface area contributed by atoms with Gasteiger partial charge in [0.1, 0.15) is 0 Å². The van der Waals surface area contributed by atoms with Gasteiger partial charge in [0.25, 0.3) is 5.78 Å². The molecule has 2 heterocycles. The van der Waals surface area contributed by atoms with E-state index in [-0.39, 0.29) is 0 Å². The molecule has 2 aromatic heterocycles. The second-order valence-corrected chi connectivity index (χ2v) is 3.98. The van der Waals surface area contributed by atoms with Crippen LogP contribution in [0.15, 0.2) is 18.5 Å². The summed E-state index contributed by atoms with van der Waals surface area (Å²) < 4.78 is 1.84. The second kappa shape index (κ2) is 3.58. The Bertz CT molecular complexity index is 460. The molecule has 0 spiro atoms. The molecule has 0 saturated carbocycles. The molecule has 1 unspecified atom stereocenters. The van der Waals surface area contributed by atoms with Crippen molar-refractivity contribution in [1.29, 1.82) is 0 Å². The molecule has 0 aliphatic rings. The summed E-state index contributed by atoms with van der Waals surface area (Å²) in [5.74, 6) is 1.37. The zero-order valence-corrected chi connectivity index (χ0v) is 9.01. The minimum atomic E-state index is -0.447. The van der Waals surface area contributed by atoms with Crippen molar-refractivity contribution in [2.75, 3.05) is 0 Å². The van der Waals surface area contributed by atoms with Crippen LogP contribution < -0.4 is 5.73 Å². The highest BCUT2D eigenvalue weighted by atomic mass is 15.3. The second-order valence-electron chi connectivity index (χ2n) is 3.98. The van der Waals surface area contributed by atoms with Crippen molar-refractivity contribution in [3.63, 3.8) is 0 Å². The van der Waals surface area contributed by atoms with Gasteiger partial charge in [-0.1, -0.05) is 13.3 Å². The third kappa shape index (κ3) is 1.70. The van der Waals surface area contributed by atoms with Crippen molar-refractivity contribution in [3.8, 4) is 0 Å². The van der Waals surface area contributed by atoms with Gasteiger partial charge in [0.2, 0.25) is 0 Å². The first-order valence-corrected chi connectivity index (χ1v) is 5.10. The van der Waals surface area contributed by atoms with Crippen LogP contribution in [0.5, 0.6) is 0 Å². The Morgan fingerprint density at radius 1 is 1.47 bits per heavy atom. The van der Waals surface area contributed by atoms with Gasteiger partial charge in [-0.3, -0.25) is 4.40 Å². The van der Waals surface area contributed by atoms with Crippen LogP contribution in [0.25, 0.3) is 5.78 Å². The molecule has 0 radical (unpaired) electrons. The van der Waals surface area contributed by atoms with E-state index in [2.05, 4.69) is 22.1 Å². The van der Waals surface area contributed by atoms with E-state index in [1.807, 2.05) is 23.6 Å². The summed E-state index contributed by atoms with van der Waals surface area (Å²) in [6, 6.07) is 1.85. The summed E-state index contributed by atoms with van der Waals surface area (Å²) in [5, 5.41) is 8.10. The van der Waals surface area contributed by atoms with Gasteiger partial charge in [-0.2, -0.15) is 0 Å². The van der Waals surface area contributed by atoms with E-state index in [0.29, 0.717) is 5.78 Å². The fraction of sp³-hybridized carbons (Fsp3) is 0.500. The summed E-state index contributed by atoms with van der Waals surface area (Å²) in [4.78, 5) is 4.11. The molecule has 5 nitrogen and oxygen atoms in total. The van der Waals surface area contributed by atoms with Crippen LogP contribution in [0, 0.1) is 0 Å². The molecule has 5 heteroatoms. The number of hydrogen-bond donors (Lipinski definition) is 1. The number of fused-ring (bicyclic) bond motifs is 1. The SMILES string of the molecule is CCCC(C)(N)c1nnc2ncccn12. The summed E-state index contributed by atoms with van der Waals surface area (Å²) in [7, 11) is 0. The fourth-order valence-electron chi connectivity index (χ4n) is 1.76. The summed E-state index contributed by atoms with van der Waals surface area (Å²) in [6.45, 7) is 4.08. The van der Waals surface area contributed by atoms with E-state index in [9.17, 15) is 0 Å². The van der Waals surface area contributed by atoms with E-state index in [4.69, 9.17) is 5.73 Å². The van der Waals surface area contributed by atoms with Crippen molar-refractivity contribution in [3.05, 3.63) is 24.3 Å². The number of nitrogens with zero attached hydrogens (tertiary/aromatic N) is 4. The van der Waals surface area contributed by atoms with Gasteiger partial charge in [-0.25, -0.2) is 4.98 Å². The lowest BCUT2D eigenvalue weighted by Crippen LogP contribution is -2.35. The number of nitrogens with two attached hydrogens (primary N) is 1. The molecule has 0 aliphatic carbocycles. The third-order valence-electron chi connectivity index (χ3n) is 2.47. The van der Waals surface area contributed by atoms with Crippen LogP contribution in [0.3, 0.4) is 0 Å². The Labute approximate surface area is 88.3 Å². The van der Waals surface area contributed by atoms with E-state index in [0.717, 1.165) is 18.7 Å². The van der Waals surface area contributed by atoms with Crippen LogP contribution in [-0.4, -0.2) is 19.6 Å². The lowest BCUT2D eigenvalue weighted by atomic mass is 9.97. The maximum atomic E-state index is 6.21. The van der Waals surface area contributed by atoms with E-state index in [1.165, 1.54) is 0 Å². The molecule has 2 N–H and O–H groups in total. The fourth-order valence-corrected chi connectivity index (χ4v) is 1.76. The highest BCUT2D eigenvalue weighted by Gasteiger charge is 2.26. The highest BCUT2D eigenvalue weighted by molar-refractivity contribution is 5.28. The largest absolute Gasteiger partial charge is 0.319 e. The average Bonchev–Trinajstić information content (AvgIpc) is 2.61. The van der Waals surface area contributed by atoms with Crippen molar-refractivity contribution in [2.45, 2.75) is 32.2 Å². The Kier molecular flexibility index (Phi) is 2.40.